The molecule has 3 rings (SSSR count). The first-order valence-electron chi connectivity index (χ1n) is 8.41. The number of para-hydroxylation sites is 1. The monoisotopic (exact) mass is 358 g/mol. The lowest BCUT2D eigenvalue weighted by Crippen LogP contribution is -2.43. The summed E-state index contributed by atoms with van der Waals surface area (Å²) in [5.41, 5.74) is 0.579. The Bertz CT molecular complexity index is 733. The molecule has 0 saturated carbocycles. The quantitative estimate of drug-likeness (QED) is 0.884. The first-order valence-corrected chi connectivity index (χ1v) is 8.41. The molecule has 2 amide bonds. The third kappa shape index (κ3) is 4.14. The molecule has 8 nitrogen and oxygen atoms in total. The van der Waals surface area contributed by atoms with Crippen LogP contribution < -0.4 is 19.5 Å². The molecule has 0 aliphatic carbocycles. The molecule has 1 aliphatic rings. The van der Waals surface area contributed by atoms with E-state index in [1.54, 1.807) is 55.9 Å². The van der Waals surface area contributed by atoms with Gasteiger partial charge in [0.1, 0.15) is 6.10 Å². The van der Waals surface area contributed by atoms with Gasteiger partial charge in [-0.25, -0.2) is 9.78 Å². The highest BCUT2D eigenvalue weighted by molar-refractivity contribution is 5.91. The Morgan fingerprint density at radius 3 is 2.65 bits per heavy atom. The zero-order valence-electron chi connectivity index (χ0n) is 14.8. The van der Waals surface area contributed by atoms with Crippen LogP contribution in [0.1, 0.15) is 12.8 Å². The van der Waals surface area contributed by atoms with E-state index in [0.29, 0.717) is 36.2 Å². The molecule has 2 aromatic rings. The van der Waals surface area contributed by atoms with E-state index in [4.69, 9.17) is 14.2 Å². The number of methoxy groups -OCH3 is 2. The summed E-state index contributed by atoms with van der Waals surface area (Å²) in [5, 5.41) is 2.89. The van der Waals surface area contributed by atoms with Gasteiger partial charge in [-0.3, -0.25) is 4.98 Å². The minimum absolute atomic E-state index is 0.0297. The number of nitrogens with zero attached hydrogens (tertiary/aromatic N) is 3. The molecule has 1 aliphatic heterocycles. The van der Waals surface area contributed by atoms with Gasteiger partial charge in [-0.1, -0.05) is 6.07 Å². The lowest BCUT2D eigenvalue weighted by Gasteiger charge is -2.32. The van der Waals surface area contributed by atoms with Crippen LogP contribution in [-0.2, 0) is 0 Å². The predicted octanol–water partition coefficient (Wildman–Crippen LogP) is 2.57. The van der Waals surface area contributed by atoms with Crippen LogP contribution in [0.25, 0.3) is 0 Å². The van der Waals surface area contributed by atoms with Crippen LogP contribution >= 0.6 is 0 Å². The summed E-state index contributed by atoms with van der Waals surface area (Å²) in [6, 6.07) is 5.19. The van der Waals surface area contributed by atoms with Crippen LogP contribution in [0.15, 0.2) is 36.8 Å². The molecule has 8 heteroatoms. The van der Waals surface area contributed by atoms with Gasteiger partial charge < -0.3 is 24.4 Å². The van der Waals surface area contributed by atoms with E-state index in [1.807, 2.05) is 0 Å². The number of aromatic nitrogens is 2. The third-order valence-electron chi connectivity index (χ3n) is 4.20. The summed E-state index contributed by atoms with van der Waals surface area (Å²) in [5.74, 6) is 1.59. The van der Waals surface area contributed by atoms with Crippen LogP contribution in [0.5, 0.6) is 17.4 Å². The zero-order chi connectivity index (χ0) is 18.4. The van der Waals surface area contributed by atoms with E-state index in [9.17, 15) is 4.79 Å². The normalized spacial score (nSPS) is 14.6. The Morgan fingerprint density at radius 1 is 1.19 bits per heavy atom. The Morgan fingerprint density at radius 2 is 2.00 bits per heavy atom. The average Bonchev–Trinajstić information content (AvgIpc) is 2.69. The largest absolute Gasteiger partial charge is 0.493 e. The summed E-state index contributed by atoms with van der Waals surface area (Å²) in [4.78, 5) is 22.4. The first kappa shape index (κ1) is 17.8. The van der Waals surface area contributed by atoms with Crippen molar-refractivity contribution in [1.29, 1.82) is 0 Å². The van der Waals surface area contributed by atoms with E-state index in [2.05, 4.69) is 15.3 Å². The maximum atomic E-state index is 12.6. The SMILES string of the molecule is COc1cccc(NC(=O)N2CCC(Oc3cnccn3)CC2)c1OC. The number of amides is 2. The van der Waals surface area contributed by atoms with Gasteiger partial charge in [0, 0.05) is 38.3 Å². The molecule has 1 aromatic heterocycles. The van der Waals surface area contributed by atoms with Gasteiger partial charge in [0.15, 0.2) is 11.5 Å². The molecule has 1 N–H and O–H groups in total. The number of anilines is 1. The molecule has 1 fully saturated rings. The second kappa shape index (κ2) is 8.37. The second-order valence-electron chi connectivity index (χ2n) is 5.82. The standard InChI is InChI=1S/C18H22N4O4/c1-24-15-5-3-4-14(17(15)25-2)21-18(23)22-10-6-13(7-11-22)26-16-12-19-8-9-20-16/h3-5,8-9,12-13H,6-7,10-11H2,1-2H3,(H,21,23). The van der Waals surface area contributed by atoms with Crippen LogP contribution in [0.2, 0.25) is 0 Å². The fourth-order valence-electron chi connectivity index (χ4n) is 2.87. The molecular weight excluding hydrogens is 336 g/mol. The Balaban J connectivity index is 1.56. The highest BCUT2D eigenvalue weighted by Crippen LogP contribution is 2.34. The average molecular weight is 358 g/mol. The topological polar surface area (TPSA) is 85.8 Å². The van der Waals surface area contributed by atoms with Crippen molar-refractivity contribution in [3.63, 3.8) is 0 Å². The van der Waals surface area contributed by atoms with Gasteiger partial charge in [0.2, 0.25) is 5.88 Å². The number of rotatable bonds is 5. The lowest BCUT2D eigenvalue weighted by molar-refractivity contribution is 0.111. The van der Waals surface area contributed by atoms with Gasteiger partial charge in [0.25, 0.3) is 0 Å². The van der Waals surface area contributed by atoms with Crippen LogP contribution in [-0.4, -0.2) is 54.3 Å². The molecular formula is C18H22N4O4. The van der Waals surface area contributed by atoms with Crippen molar-refractivity contribution in [3.05, 3.63) is 36.8 Å². The van der Waals surface area contributed by atoms with Crippen molar-refractivity contribution in [2.45, 2.75) is 18.9 Å². The van der Waals surface area contributed by atoms with E-state index in [1.165, 1.54) is 0 Å². The number of nitrogens with one attached hydrogen (secondary N) is 1. The van der Waals surface area contributed by atoms with Crippen LogP contribution in [0.4, 0.5) is 10.5 Å². The molecule has 0 spiro atoms. The van der Waals surface area contributed by atoms with Gasteiger partial charge >= 0.3 is 6.03 Å². The summed E-state index contributed by atoms with van der Waals surface area (Å²) in [7, 11) is 3.11. The number of carbonyl (C=O) groups excluding carboxylic acids is 1. The van der Waals surface area contributed by atoms with Crippen molar-refractivity contribution < 1.29 is 19.0 Å². The van der Waals surface area contributed by atoms with E-state index in [0.717, 1.165) is 12.8 Å². The van der Waals surface area contributed by atoms with E-state index >= 15 is 0 Å². The Labute approximate surface area is 152 Å². The molecule has 0 unspecified atom stereocenters. The fraction of sp³-hybridized carbons (Fsp3) is 0.389. The molecule has 1 saturated heterocycles. The number of hydrogen-bond acceptors (Lipinski definition) is 6. The number of ether oxygens (including phenoxy) is 3. The van der Waals surface area contributed by atoms with Gasteiger partial charge in [-0.2, -0.15) is 0 Å². The maximum absolute atomic E-state index is 12.6. The number of benzene rings is 1. The summed E-state index contributed by atoms with van der Waals surface area (Å²) < 4.78 is 16.4. The summed E-state index contributed by atoms with van der Waals surface area (Å²) in [6.45, 7) is 1.20. The molecule has 0 radical (unpaired) electrons. The summed E-state index contributed by atoms with van der Waals surface area (Å²) >= 11 is 0. The van der Waals surface area contributed by atoms with Crippen molar-refractivity contribution in [1.82, 2.24) is 14.9 Å². The number of urea groups is 1. The van der Waals surface area contributed by atoms with Crippen LogP contribution in [0.3, 0.4) is 0 Å². The Hall–Kier alpha value is -3.03. The third-order valence-corrected chi connectivity index (χ3v) is 4.20. The Kier molecular flexibility index (Phi) is 5.73. The van der Waals surface area contributed by atoms with Crippen molar-refractivity contribution in [2.75, 3.05) is 32.6 Å². The van der Waals surface area contributed by atoms with Gasteiger partial charge in [0.05, 0.1) is 26.1 Å². The molecule has 26 heavy (non-hydrogen) atoms. The number of hydrogen-bond donors (Lipinski definition) is 1. The van der Waals surface area contributed by atoms with Gasteiger partial charge in [-0.05, 0) is 12.1 Å². The van der Waals surface area contributed by atoms with Gasteiger partial charge in [-0.15, -0.1) is 0 Å². The molecule has 138 valence electrons. The fourth-order valence-corrected chi connectivity index (χ4v) is 2.87. The number of likely N-dealkylation sites (tertiary alicyclic amines) is 1. The minimum Gasteiger partial charge on any atom is -0.493 e. The first-order chi connectivity index (χ1) is 12.7. The lowest BCUT2D eigenvalue weighted by atomic mass is 10.1. The molecule has 0 atom stereocenters. The molecule has 1 aromatic carbocycles. The van der Waals surface area contributed by atoms with E-state index in [-0.39, 0.29) is 12.1 Å². The number of carbonyl (C=O) groups is 1. The smallest absolute Gasteiger partial charge is 0.321 e. The van der Waals surface area contributed by atoms with E-state index < -0.39 is 0 Å². The predicted molar refractivity (Wildman–Crippen MR) is 95.8 cm³/mol. The highest BCUT2D eigenvalue weighted by Gasteiger charge is 2.25. The van der Waals surface area contributed by atoms with Crippen molar-refractivity contribution >= 4 is 11.7 Å². The maximum Gasteiger partial charge on any atom is 0.321 e. The van der Waals surface area contributed by atoms with Crippen molar-refractivity contribution in [3.8, 4) is 17.4 Å². The summed E-state index contributed by atoms with van der Waals surface area (Å²) in [6.07, 6.45) is 6.29. The van der Waals surface area contributed by atoms with Crippen molar-refractivity contribution in [2.24, 2.45) is 0 Å². The zero-order valence-corrected chi connectivity index (χ0v) is 14.8. The minimum atomic E-state index is -0.172. The molecule has 2 heterocycles. The number of piperidine rings is 1. The highest BCUT2D eigenvalue weighted by atomic mass is 16.5. The second-order valence-corrected chi connectivity index (χ2v) is 5.82. The van der Waals surface area contributed by atoms with Crippen LogP contribution in [0, 0.1) is 0 Å². The molecule has 0 bridgehead atoms.